The molecule has 12 heteroatoms. The summed E-state index contributed by atoms with van der Waals surface area (Å²) in [7, 11) is -4.09. The van der Waals surface area contributed by atoms with Crippen LogP contribution in [0.2, 0.25) is 0 Å². The SMILES string of the molecule is Cc1ccc(S(=O)(=O)n2cc(-c3cnn(Cc4ccccc4)c3)c3c(Oc4ccc(CNC(=O)OC(C)(C)C)cc4F)ccnc32)cc1. The number of rotatable bonds is 9. The molecule has 6 aromatic rings. The van der Waals surface area contributed by atoms with Crippen LogP contribution in [0.4, 0.5) is 9.18 Å². The molecule has 0 aliphatic carbocycles. The zero-order chi connectivity index (χ0) is 34.1. The van der Waals surface area contributed by atoms with Crippen LogP contribution in [0.5, 0.6) is 11.5 Å². The van der Waals surface area contributed by atoms with Crippen LogP contribution >= 0.6 is 0 Å². The number of aromatic nitrogens is 4. The van der Waals surface area contributed by atoms with Gasteiger partial charge in [-0.05, 0) is 69.2 Å². The van der Waals surface area contributed by atoms with Crippen molar-refractivity contribution in [3.05, 3.63) is 126 Å². The Hall–Kier alpha value is -5.49. The Bertz CT molecular complexity index is 2210. The van der Waals surface area contributed by atoms with Crippen LogP contribution in [0.25, 0.3) is 22.2 Å². The van der Waals surface area contributed by atoms with Gasteiger partial charge in [-0.25, -0.2) is 26.6 Å². The maximum absolute atomic E-state index is 15.4. The molecule has 246 valence electrons. The van der Waals surface area contributed by atoms with Crippen molar-refractivity contribution in [2.45, 2.75) is 51.3 Å². The molecule has 0 fully saturated rings. The number of hydrogen-bond acceptors (Lipinski definition) is 7. The van der Waals surface area contributed by atoms with Crippen molar-refractivity contribution in [1.82, 2.24) is 24.1 Å². The third-order valence-corrected chi connectivity index (χ3v) is 9.04. The van der Waals surface area contributed by atoms with Gasteiger partial charge in [0.05, 0.1) is 23.0 Å². The second kappa shape index (κ2) is 13.0. The number of nitrogens with zero attached hydrogens (tertiary/aromatic N) is 4. The number of alkyl carbamates (subject to hydrolysis) is 1. The summed E-state index contributed by atoms with van der Waals surface area (Å²) in [6.07, 6.45) is 5.75. The van der Waals surface area contributed by atoms with Gasteiger partial charge in [0, 0.05) is 36.3 Å². The Balaban J connectivity index is 1.38. The fraction of sp³-hybridized carbons (Fsp3) is 0.194. The monoisotopic (exact) mass is 667 g/mol. The fourth-order valence-corrected chi connectivity index (χ4v) is 6.43. The average molecular weight is 668 g/mol. The number of amides is 1. The number of nitrogens with one attached hydrogen (secondary N) is 1. The first kappa shape index (κ1) is 32.5. The molecule has 6 rings (SSSR count). The maximum atomic E-state index is 15.4. The van der Waals surface area contributed by atoms with E-state index in [0.717, 1.165) is 15.1 Å². The average Bonchev–Trinajstić information content (AvgIpc) is 3.67. The normalized spacial score (nSPS) is 11.9. The lowest BCUT2D eigenvalue weighted by atomic mass is 10.1. The van der Waals surface area contributed by atoms with Gasteiger partial charge in [-0.1, -0.05) is 54.1 Å². The summed E-state index contributed by atoms with van der Waals surface area (Å²) >= 11 is 0. The van der Waals surface area contributed by atoms with Crippen molar-refractivity contribution < 1.29 is 27.1 Å². The first-order chi connectivity index (χ1) is 22.9. The number of halogens is 1. The minimum atomic E-state index is -4.09. The van der Waals surface area contributed by atoms with E-state index in [-0.39, 0.29) is 28.6 Å². The molecule has 0 bridgehead atoms. The molecule has 0 aliphatic rings. The summed E-state index contributed by atoms with van der Waals surface area (Å²) in [6.45, 7) is 7.68. The summed E-state index contributed by atoms with van der Waals surface area (Å²) in [6, 6.07) is 22.2. The van der Waals surface area contributed by atoms with Crippen molar-refractivity contribution >= 4 is 27.1 Å². The zero-order valence-electron chi connectivity index (χ0n) is 26.8. The molecule has 10 nitrogen and oxygen atoms in total. The second-order valence-electron chi connectivity index (χ2n) is 12.3. The molecular formula is C36H34FN5O5S. The highest BCUT2D eigenvalue weighted by Gasteiger charge is 2.26. The Labute approximate surface area is 277 Å². The number of benzene rings is 3. The van der Waals surface area contributed by atoms with Gasteiger partial charge < -0.3 is 14.8 Å². The van der Waals surface area contributed by atoms with Crippen molar-refractivity contribution in [3.63, 3.8) is 0 Å². The standard InChI is InChI=1S/C36H34FN5O5S/c1-24-10-13-28(14-11-24)48(44,45)42-23-29(27-20-40-41(22-27)21-25-8-6-5-7-9-25)33-32(16-17-38-34(33)42)46-31-15-12-26(18-30(31)37)19-39-35(43)47-36(2,3)4/h5-18,20,22-23H,19,21H2,1-4H3,(H,39,43). The largest absolute Gasteiger partial charge is 0.453 e. The van der Waals surface area contributed by atoms with E-state index >= 15 is 4.39 Å². The topological polar surface area (TPSA) is 117 Å². The summed E-state index contributed by atoms with van der Waals surface area (Å²) in [4.78, 5) is 16.6. The minimum absolute atomic E-state index is 0.0441. The maximum Gasteiger partial charge on any atom is 0.407 e. The van der Waals surface area contributed by atoms with Crippen LogP contribution in [0.1, 0.15) is 37.5 Å². The third kappa shape index (κ3) is 7.08. The highest BCUT2D eigenvalue weighted by Crippen LogP contribution is 2.40. The predicted molar refractivity (Wildman–Crippen MR) is 180 cm³/mol. The highest BCUT2D eigenvalue weighted by atomic mass is 32.2. The molecule has 0 radical (unpaired) electrons. The van der Waals surface area contributed by atoms with Gasteiger partial charge in [-0.3, -0.25) is 4.68 Å². The van der Waals surface area contributed by atoms with Crippen LogP contribution < -0.4 is 10.1 Å². The van der Waals surface area contributed by atoms with E-state index in [2.05, 4.69) is 15.4 Å². The van der Waals surface area contributed by atoms with E-state index in [0.29, 0.717) is 28.6 Å². The number of pyridine rings is 1. The Morgan fingerprint density at radius 2 is 1.69 bits per heavy atom. The Kier molecular flexibility index (Phi) is 8.76. The molecule has 48 heavy (non-hydrogen) atoms. The van der Waals surface area contributed by atoms with E-state index in [9.17, 15) is 13.2 Å². The summed E-state index contributed by atoms with van der Waals surface area (Å²) in [5.74, 6) is -0.571. The van der Waals surface area contributed by atoms with Crippen LogP contribution in [0, 0.1) is 12.7 Å². The molecule has 0 saturated heterocycles. The lowest BCUT2D eigenvalue weighted by Crippen LogP contribution is -2.32. The molecule has 1 amide bonds. The summed E-state index contributed by atoms with van der Waals surface area (Å²) < 4.78 is 57.6. The molecule has 3 heterocycles. The molecule has 0 saturated carbocycles. The van der Waals surface area contributed by atoms with Crippen molar-refractivity contribution in [2.24, 2.45) is 0 Å². The van der Waals surface area contributed by atoms with Gasteiger partial charge >= 0.3 is 6.09 Å². The number of fused-ring (bicyclic) bond motifs is 1. The van der Waals surface area contributed by atoms with E-state index in [1.54, 1.807) is 68.0 Å². The van der Waals surface area contributed by atoms with E-state index in [4.69, 9.17) is 9.47 Å². The van der Waals surface area contributed by atoms with Crippen LogP contribution in [-0.2, 0) is 27.8 Å². The van der Waals surface area contributed by atoms with Crippen LogP contribution in [-0.4, -0.2) is 38.8 Å². The second-order valence-corrected chi connectivity index (χ2v) is 14.1. The van der Waals surface area contributed by atoms with Crippen molar-refractivity contribution in [3.8, 4) is 22.6 Å². The lowest BCUT2D eigenvalue weighted by molar-refractivity contribution is 0.0523. The molecule has 0 spiro atoms. The van der Waals surface area contributed by atoms with Gasteiger partial charge in [0.2, 0.25) is 0 Å². The molecule has 0 atom stereocenters. The lowest BCUT2D eigenvalue weighted by Gasteiger charge is -2.19. The highest BCUT2D eigenvalue weighted by molar-refractivity contribution is 7.90. The quantitative estimate of drug-likeness (QED) is 0.170. The summed E-state index contributed by atoms with van der Waals surface area (Å²) in [5.41, 5.74) is 3.01. The molecule has 0 aliphatic heterocycles. The molecule has 3 aromatic carbocycles. The van der Waals surface area contributed by atoms with Gasteiger partial charge in [0.15, 0.2) is 17.2 Å². The minimum Gasteiger partial charge on any atom is -0.453 e. The van der Waals surface area contributed by atoms with Crippen molar-refractivity contribution in [1.29, 1.82) is 0 Å². The van der Waals surface area contributed by atoms with Gasteiger partial charge in [0.25, 0.3) is 10.0 Å². The predicted octanol–water partition coefficient (Wildman–Crippen LogP) is 7.45. The van der Waals surface area contributed by atoms with Gasteiger partial charge in [0.1, 0.15) is 11.4 Å². The first-order valence-corrected chi connectivity index (χ1v) is 16.6. The molecule has 1 N–H and O–H groups in total. The molecular weight excluding hydrogens is 633 g/mol. The number of hydrogen-bond donors (Lipinski definition) is 1. The van der Waals surface area contributed by atoms with E-state index < -0.39 is 27.5 Å². The number of aryl methyl sites for hydroxylation is 1. The Morgan fingerprint density at radius 3 is 2.40 bits per heavy atom. The fourth-order valence-electron chi connectivity index (χ4n) is 5.11. The van der Waals surface area contributed by atoms with Crippen molar-refractivity contribution in [2.75, 3.05) is 0 Å². The van der Waals surface area contributed by atoms with Crippen LogP contribution in [0.3, 0.4) is 0 Å². The van der Waals surface area contributed by atoms with Gasteiger partial charge in [-0.15, -0.1) is 0 Å². The van der Waals surface area contributed by atoms with Crippen LogP contribution in [0.15, 0.2) is 109 Å². The number of ether oxygens (including phenoxy) is 2. The number of carbonyl (C=O) groups excluding carboxylic acids is 1. The molecule has 3 aromatic heterocycles. The Morgan fingerprint density at radius 1 is 0.938 bits per heavy atom. The van der Waals surface area contributed by atoms with Gasteiger partial charge in [-0.2, -0.15) is 5.10 Å². The number of carbonyl (C=O) groups is 1. The first-order valence-electron chi connectivity index (χ1n) is 15.2. The summed E-state index contributed by atoms with van der Waals surface area (Å²) in [5, 5.41) is 7.49. The zero-order valence-corrected chi connectivity index (χ0v) is 27.7. The molecule has 0 unspecified atom stereocenters. The van der Waals surface area contributed by atoms with E-state index in [1.165, 1.54) is 24.5 Å². The van der Waals surface area contributed by atoms with E-state index in [1.807, 2.05) is 43.5 Å². The smallest absolute Gasteiger partial charge is 0.407 e. The third-order valence-electron chi connectivity index (χ3n) is 7.38.